The predicted octanol–water partition coefficient (Wildman–Crippen LogP) is 1.39. The smallest absolute Gasteiger partial charge is 0.154 e. The monoisotopic (exact) mass is 276 g/mol. The summed E-state index contributed by atoms with van der Waals surface area (Å²) >= 11 is 0. The first-order valence-electron chi connectivity index (χ1n) is 6.57. The van der Waals surface area contributed by atoms with Crippen molar-refractivity contribution in [3.05, 3.63) is 24.2 Å². The number of oxime groups is 1. The maximum atomic E-state index is 8.65. The molecule has 2 aromatic heterocycles. The summed E-state index contributed by atoms with van der Waals surface area (Å²) in [5, 5.41) is 16.0. The van der Waals surface area contributed by atoms with Gasteiger partial charge in [-0.3, -0.25) is 0 Å². The van der Waals surface area contributed by atoms with E-state index in [9.17, 15) is 0 Å². The van der Waals surface area contributed by atoms with Crippen LogP contribution in [0.4, 0.5) is 5.82 Å². The molecular formula is C13H20N6O. The van der Waals surface area contributed by atoms with Crippen molar-refractivity contribution in [2.45, 2.75) is 33.2 Å². The predicted molar refractivity (Wildman–Crippen MR) is 78.2 cm³/mol. The zero-order chi connectivity index (χ0) is 14.7. The van der Waals surface area contributed by atoms with Gasteiger partial charge in [-0.25, -0.2) is 9.50 Å². The fraction of sp³-hybridized carbons (Fsp3) is 0.462. The Balaban J connectivity index is 2.36. The van der Waals surface area contributed by atoms with Crippen LogP contribution in [0.25, 0.3) is 5.52 Å². The quantitative estimate of drug-likeness (QED) is 0.372. The highest BCUT2D eigenvalue weighted by Crippen LogP contribution is 2.21. The van der Waals surface area contributed by atoms with E-state index in [-0.39, 0.29) is 11.9 Å². The van der Waals surface area contributed by atoms with Crippen molar-refractivity contribution in [2.75, 3.05) is 11.4 Å². The lowest BCUT2D eigenvalue weighted by Gasteiger charge is -2.28. The van der Waals surface area contributed by atoms with Crippen LogP contribution in [0.15, 0.2) is 23.6 Å². The standard InChI is InChI=1S/C13H20N6O/c1-9(2)18(6-4-12(14)17-20)13-11-8-10(3)16-19(11)7-5-15-13/h5,7-9,20H,4,6H2,1-3H3,(H2,14,17). The number of hydrogen-bond acceptors (Lipinski definition) is 5. The number of nitrogens with two attached hydrogens (primary N) is 1. The molecule has 2 aromatic rings. The molecule has 0 aliphatic heterocycles. The van der Waals surface area contributed by atoms with Crippen LogP contribution in [0.2, 0.25) is 0 Å². The summed E-state index contributed by atoms with van der Waals surface area (Å²) in [7, 11) is 0. The van der Waals surface area contributed by atoms with Gasteiger partial charge in [-0.05, 0) is 26.8 Å². The molecule has 0 saturated heterocycles. The molecule has 0 radical (unpaired) electrons. The minimum atomic E-state index is 0.215. The number of aromatic nitrogens is 3. The summed E-state index contributed by atoms with van der Waals surface area (Å²) in [6.07, 6.45) is 4.03. The van der Waals surface area contributed by atoms with Gasteiger partial charge in [0.25, 0.3) is 0 Å². The summed E-state index contributed by atoms with van der Waals surface area (Å²) in [6, 6.07) is 2.25. The Kier molecular flexibility index (Phi) is 4.07. The van der Waals surface area contributed by atoms with Crippen molar-refractivity contribution in [1.29, 1.82) is 0 Å². The van der Waals surface area contributed by atoms with Crippen LogP contribution in [0.3, 0.4) is 0 Å². The number of anilines is 1. The van der Waals surface area contributed by atoms with E-state index in [0.717, 1.165) is 17.0 Å². The van der Waals surface area contributed by atoms with Gasteiger partial charge in [0.15, 0.2) is 5.82 Å². The minimum absolute atomic E-state index is 0.215. The van der Waals surface area contributed by atoms with E-state index >= 15 is 0 Å². The SMILES string of the molecule is Cc1cc2c(N(CC/C(N)=N/O)C(C)C)nccn2n1. The van der Waals surface area contributed by atoms with E-state index in [4.69, 9.17) is 10.9 Å². The summed E-state index contributed by atoms with van der Waals surface area (Å²) in [6.45, 7) is 6.75. The van der Waals surface area contributed by atoms with Gasteiger partial charge in [0.1, 0.15) is 11.4 Å². The second kappa shape index (κ2) is 5.77. The molecule has 0 atom stereocenters. The Morgan fingerprint density at radius 2 is 2.30 bits per heavy atom. The van der Waals surface area contributed by atoms with Crippen LogP contribution in [-0.4, -0.2) is 38.2 Å². The average Bonchev–Trinajstić information content (AvgIpc) is 2.79. The zero-order valence-electron chi connectivity index (χ0n) is 12.0. The van der Waals surface area contributed by atoms with Crippen LogP contribution in [0, 0.1) is 6.92 Å². The second-order valence-electron chi connectivity index (χ2n) is 4.99. The molecule has 2 rings (SSSR count). The van der Waals surface area contributed by atoms with Crippen molar-refractivity contribution < 1.29 is 5.21 Å². The topological polar surface area (TPSA) is 92.0 Å². The molecular weight excluding hydrogens is 256 g/mol. The maximum Gasteiger partial charge on any atom is 0.154 e. The van der Waals surface area contributed by atoms with Crippen LogP contribution in [0.1, 0.15) is 26.0 Å². The Labute approximate surface area is 117 Å². The Bertz CT molecular complexity index is 618. The summed E-state index contributed by atoms with van der Waals surface area (Å²) < 4.78 is 1.82. The van der Waals surface area contributed by atoms with Gasteiger partial charge in [-0.2, -0.15) is 5.10 Å². The maximum absolute atomic E-state index is 8.65. The molecule has 3 N–H and O–H groups in total. The van der Waals surface area contributed by atoms with Crippen LogP contribution in [-0.2, 0) is 0 Å². The lowest BCUT2D eigenvalue weighted by molar-refractivity contribution is 0.317. The number of nitrogens with zero attached hydrogens (tertiary/aromatic N) is 5. The number of hydrogen-bond donors (Lipinski definition) is 2. The highest BCUT2D eigenvalue weighted by Gasteiger charge is 2.16. The molecule has 2 heterocycles. The molecule has 20 heavy (non-hydrogen) atoms. The third kappa shape index (κ3) is 2.81. The fourth-order valence-electron chi connectivity index (χ4n) is 2.15. The van der Waals surface area contributed by atoms with E-state index in [1.54, 1.807) is 6.20 Å². The number of amidine groups is 1. The summed E-state index contributed by atoms with van der Waals surface area (Å²) in [5.41, 5.74) is 7.45. The van der Waals surface area contributed by atoms with Crippen LogP contribution < -0.4 is 10.6 Å². The largest absolute Gasteiger partial charge is 0.409 e. The Morgan fingerprint density at radius 1 is 1.55 bits per heavy atom. The van der Waals surface area contributed by atoms with Gasteiger partial charge in [-0.15, -0.1) is 0 Å². The average molecular weight is 276 g/mol. The number of fused-ring (bicyclic) bond motifs is 1. The second-order valence-corrected chi connectivity index (χ2v) is 4.99. The normalized spacial score (nSPS) is 12.3. The molecule has 0 aliphatic carbocycles. The number of aryl methyl sites for hydroxylation is 1. The molecule has 0 saturated carbocycles. The first kappa shape index (κ1) is 14.1. The Morgan fingerprint density at radius 3 is 2.95 bits per heavy atom. The first-order chi connectivity index (χ1) is 9.52. The third-order valence-electron chi connectivity index (χ3n) is 3.12. The molecule has 0 fully saturated rings. The molecule has 7 nitrogen and oxygen atoms in total. The van der Waals surface area contributed by atoms with E-state index in [1.165, 1.54) is 0 Å². The molecule has 0 unspecified atom stereocenters. The fourth-order valence-corrected chi connectivity index (χ4v) is 2.15. The van der Waals surface area contributed by atoms with Gasteiger partial charge in [0, 0.05) is 31.4 Å². The van der Waals surface area contributed by atoms with E-state index in [2.05, 4.69) is 34.0 Å². The summed E-state index contributed by atoms with van der Waals surface area (Å²) in [4.78, 5) is 6.59. The number of rotatable bonds is 5. The molecule has 108 valence electrons. The minimum Gasteiger partial charge on any atom is -0.409 e. The highest BCUT2D eigenvalue weighted by atomic mass is 16.4. The van der Waals surface area contributed by atoms with Crippen molar-refractivity contribution in [3.63, 3.8) is 0 Å². The molecule has 0 aromatic carbocycles. The van der Waals surface area contributed by atoms with Gasteiger partial charge in [0.05, 0.1) is 5.69 Å². The van der Waals surface area contributed by atoms with Crippen LogP contribution in [0.5, 0.6) is 0 Å². The van der Waals surface area contributed by atoms with Crippen molar-refractivity contribution in [3.8, 4) is 0 Å². The first-order valence-corrected chi connectivity index (χ1v) is 6.57. The highest BCUT2D eigenvalue weighted by molar-refractivity contribution is 5.80. The van der Waals surface area contributed by atoms with Gasteiger partial charge in [-0.1, -0.05) is 5.16 Å². The Hall–Kier alpha value is -2.31. The molecule has 0 aliphatic rings. The zero-order valence-corrected chi connectivity index (χ0v) is 12.0. The van der Waals surface area contributed by atoms with Crippen molar-refractivity contribution >= 4 is 17.2 Å². The van der Waals surface area contributed by atoms with Gasteiger partial charge >= 0.3 is 0 Å². The van der Waals surface area contributed by atoms with Gasteiger partial charge in [0.2, 0.25) is 0 Å². The third-order valence-corrected chi connectivity index (χ3v) is 3.12. The molecule has 0 spiro atoms. The lowest BCUT2D eigenvalue weighted by Crippen LogP contribution is -2.35. The summed E-state index contributed by atoms with van der Waals surface area (Å²) in [5.74, 6) is 1.07. The van der Waals surface area contributed by atoms with E-state index < -0.39 is 0 Å². The molecule has 0 bridgehead atoms. The van der Waals surface area contributed by atoms with Crippen LogP contribution >= 0.6 is 0 Å². The van der Waals surface area contributed by atoms with Crippen molar-refractivity contribution in [2.24, 2.45) is 10.9 Å². The lowest BCUT2D eigenvalue weighted by atomic mass is 10.2. The van der Waals surface area contributed by atoms with E-state index in [1.807, 2.05) is 23.7 Å². The van der Waals surface area contributed by atoms with Gasteiger partial charge < -0.3 is 15.8 Å². The van der Waals surface area contributed by atoms with E-state index in [0.29, 0.717) is 13.0 Å². The molecule has 0 amide bonds. The van der Waals surface area contributed by atoms with Crippen molar-refractivity contribution in [1.82, 2.24) is 14.6 Å². The molecule has 7 heteroatoms.